The molecule has 12 heteroatoms. The molecule has 0 saturated carbocycles. The number of amides is 2. The number of carbonyl (C=O) groups excluding carboxylic acids is 2. The number of nitrogens with one attached hydrogen (secondary N) is 1. The van der Waals surface area contributed by atoms with Crippen LogP contribution in [0, 0.1) is 0 Å². The van der Waals surface area contributed by atoms with Crippen molar-refractivity contribution < 1.29 is 38.9 Å². The van der Waals surface area contributed by atoms with E-state index in [1.165, 1.54) is 44.2 Å². The zero-order valence-corrected chi connectivity index (χ0v) is 17.3. The average Bonchev–Trinajstić information content (AvgIpc) is 2.71. The molecule has 2 amide bonds. The molecule has 3 unspecified atom stereocenters. The number of carboxylic acid groups (broad SMARTS) is 2. The second kappa shape index (κ2) is 8.44. The van der Waals surface area contributed by atoms with Gasteiger partial charge in [0.25, 0.3) is 5.91 Å². The van der Waals surface area contributed by atoms with Crippen LogP contribution in [0.1, 0.15) is 11.5 Å². The summed E-state index contributed by atoms with van der Waals surface area (Å²) in [5, 5.41) is 20.7. The lowest BCUT2D eigenvalue weighted by atomic mass is 9.96. The Morgan fingerprint density at radius 2 is 1.90 bits per heavy atom. The number of carboxylic acids is 2. The van der Waals surface area contributed by atoms with E-state index in [0.29, 0.717) is 5.75 Å². The van der Waals surface area contributed by atoms with Crippen LogP contribution in [0.2, 0.25) is 0 Å². The van der Waals surface area contributed by atoms with Gasteiger partial charge in [0.05, 0.1) is 19.3 Å². The third kappa shape index (κ3) is 3.65. The van der Waals surface area contributed by atoms with Crippen molar-refractivity contribution in [1.29, 1.82) is 0 Å². The molecule has 3 rings (SSSR count). The summed E-state index contributed by atoms with van der Waals surface area (Å²) in [6, 6.07) is 3.18. The molecule has 160 valence electrons. The van der Waals surface area contributed by atoms with Crippen molar-refractivity contribution in [3.63, 3.8) is 0 Å². The van der Waals surface area contributed by atoms with Gasteiger partial charge in [-0.25, -0.2) is 4.79 Å². The van der Waals surface area contributed by atoms with Gasteiger partial charge in [0, 0.05) is 5.75 Å². The van der Waals surface area contributed by atoms with E-state index >= 15 is 0 Å². The predicted molar refractivity (Wildman–Crippen MR) is 105 cm³/mol. The molecule has 0 aliphatic carbocycles. The third-order valence-corrected chi connectivity index (χ3v) is 6.42. The Balaban J connectivity index is 1.82. The maximum Gasteiger partial charge on any atom is 0.353 e. The molecule has 1 aromatic carbocycles. The second-order valence-electron chi connectivity index (χ2n) is 6.34. The molecule has 0 bridgehead atoms. The van der Waals surface area contributed by atoms with Crippen molar-refractivity contribution in [2.75, 3.05) is 20.0 Å². The molecule has 10 nitrogen and oxygen atoms in total. The van der Waals surface area contributed by atoms with Gasteiger partial charge in [-0.3, -0.25) is 19.3 Å². The molecule has 0 spiro atoms. The predicted octanol–water partition coefficient (Wildman–Crippen LogP) is 0.807. The zero-order valence-electron chi connectivity index (χ0n) is 15.7. The number of hydrogen-bond acceptors (Lipinski definition) is 7. The highest BCUT2D eigenvalue weighted by Crippen LogP contribution is 2.41. The standard InChI is InChI=1S/C18H17ClN2O8S/c1-28-9-4-3-7(5-10(9)29-2)11(17(24)25)14(22)20-12-15(23)21-13(18(26)27)8(19)6-30-16(12)21/h3-5,11-12,16H,6H2,1-2H3,(H,20,22)(H,24,25)(H,26,27). The highest BCUT2D eigenvalue weighted by atomic mass is 35.5. The van der Waals surface area contributed by atoms with Crippen molar-refractivity contribution in [3.05, 3.63) is 34.5 Å². The largest absolute Gasteiger partial charge is 0.493 e. The lowest BCUT2D eigenvalue weighted by Crippen LogP contribution is -2.70. The van der Waals surface area contributed by atoms with Crippen LogP contribution in [0.3, 0.4) is 0 Å². The number of nitrogens with zero attached hydrogens (tertiary/aromatic N) is 1. The molecule has 1 fully saturated rings. The van der Waals surface area contributed by atoms with Gasteiger partial charge < -0.3 is 25.0 Å². The van der Waals surface area contributed by atoms with Crippen LogP contribution in [0.4, 0.5) is 0 Å². The first-order chi connectivity index (χ1) is 14.2. The number of halogens is 1. The minimum absolute atomic E-state index is 0.0237. The van der Waals surface area contributed by atoms with E-state index in [4.69, 9.17) is 21.1 Å². The fraction of sp³-hybridized carbons (Fsp3) is 0.333. The summed E-state index contributed by atoms with van der Waals surface area (Å²) >= 11 is 7.09. The summed E-state index contributed by atoms with van der Waals surface area (Å²) in [5.74, 6) is -5.21. The monoisotopic (exact) mass is 456 g/mol. The van der Waals surface area contributed by atoms with Crippen LogP contribution in [-0.2, 0) is 19.2 Å². The normalized spacial score (nSPS) is 21.3. The fourth-order valence-corrected chi connectivity index (χ4v) is 4.81. The van der Waals surface area contributed by atoms with E-state index in [0.717, 1.165) is 4.90 Å². The molecule has 1 aromatic rings. The van der Waals surface area contributed by atoms with Gasteiger partial charge >= 0.3 is 11.9 Å². The smallest absolute Gasteiger partial charge is 0.353 e. The Kier molecular flexibility index (Phi) is 6.13. The molecule has 2 aliphatic heterocycles. The van der Waals surface area contributed by atoms with Crippen LogP contribution >= 0.6 is 23.4 Å². The Bertz CT molecular complexity index is 966. The number of hydrogen-bond donors (Lipinski definition) is 3. The van der Waals surface area contributed by atoms with Crippen LogP contribution in [0.25, 0.3) is 0 Å². The first-order valence-electron chi connectivity index (χ1n) is 8.53. The maximum absolute atomic E-state index is 12.7. The SMILES string of the molecule is COc1ccc(C(C(=O)O)C(=O)NC2C(=O)N3C(C(=O)O)=C(Cl)CSC23)cc1OC. The summed E-state index contributed by atoms with van der Waals surface area (Å²) in [4.78, 5) is 49.4. The Labute approximate surface area is 179 Å². The van der Waals surface area contributed by atoms with Gasteiger partial charge in [-0.2, -0.15) is 0 Å². The summed E-state index contributed by atoms with van der Waals surface area (Å²) < 4.78 is 10.3. The van der Waals surface area contributed by atoms with Crippen molar-refractivity contribution >= 4 is 47.1 Å². The third-order valence-electron chi connectivity index (χ3n) is 4.67. The van der Waals surface area contributed by atoms with E-state index in [1.807, 2.05) is 0 Å². The van der Waals surface area contributed by atoms with Gasteiger partial charge in [-0.15, -0.1) is 11.8 Å². The van der Waals surface area contributed by atoms with E-state index in [2.05, 4.69) is 5.32 Å². The maximum atomic E-state index is 12.7. The van der Waals surface area contributed by atoms with Gasteiger partial charge in [-0.1, -0.05) is 17.7 Å². The molecule has 0 radical (unpaired) electrons. The number of thioether (sulfide) groups is 1. The molecule has 1 saturated heterocycles. The number of rotatable bonds is 7. The van der Waals surface area contributed by atoms with E-state index in [9.17, 15) is 29.4 Å². The summed E-state index contributed by atoms with van der Waals surface area (Å²) in [6.45, 7) is 0. The zero-order chi connectivity index (χ0) is 22.2. The first-order valence-corrected chi connectivity index (χ1v) is 9.95. The highest BCUT2D eigenvalue weighted by molar-refractivity contribution is 8.00. The summed E-state index contributed by atoms with van der Waals surface area (Å²) in [7, 11) is 2.79. The van der Waals surface area contributed by atoms with Crippen LogP contribution in [0.15, 0.2) is 28.9 Å². The first kappa shape index (κ1) is 21.8. The minimum Gasteiger partial charge on any atom is -0.493 e. The van der Waals surface area contributed by atoms with Crippen molar-refractivity contribution in [1.82, 2.24) is 10.2 Å². The number of ether oxygens (including phenoxy) is 2. The second-order valence-corrected chi connectivity index (χ2v) is 7.90. The fourth-order valence-electron chi connectivity index (χ4n) is 3.26. The number of methoxy groups -OCH3 is 2. The van der Waals surface area contributed by atoms with Crippen molar-refractivity contribution in [2.45, 2.75) is 17.3 Å². The summed E-state index contributed by atoms with van der Waals surface area (Å²) in [6.07, 6.45) is 0. The van der Waals surface area contributed by atoms with E-state index in [-0.39, 0.29) is 27.8 Å². The molecule has 0 aromatic heterocycles. The molecule has 3 N–H and O–H groups in total. The lowest BCUT2D eigenvalue weighted by Gasteiger charge is -2.48. The van der Waals surface area contributed by atoms with E-state index in [1.54, 1.807) is 0 Å². The Hall–Kier alpha value is -2.92. The van der Waals surface area contributed by atoms with Crippen LogP contribution in [-0.4, -0.2) is 70.3 Å². The summed E-state index contributed by atoms with van der Waals surface area (Å²) in [5.41, 5.74) is -0.197. The lowest BCUT2D eigenvalue weighted by molar-refractivity contribution is -0.152. The van der Waals surface area contributed by atoms with Crippen molar-refractivity contribution in [3.8, 4) is 11.5 Å². The quantitative estimate of drug-likeness (QED) is 0.401. The van der Waals surface area contributed by atoms with Crippen LogP contribution < -0.4 is 14.8 Å². The van der Waals surface area contributed by atoms with Gasteiger partial charge in [0.15, 0.2) is 17.4 Å². The minimum atomic E-state index is -1.61. The molecular formula is C18H17ClN2O8S. The number of aliphatic carboxylic acids is 2. The molecule has 2 aliphatic rings. The van der Waals surface area contributed by atoms with Gasteiger partial charge in [0.1, 0.15) is 17.1 Å². The molecular weight excluding hydrogens is 440 g/mol. The van der Waals surface area contributed by atoms with Crippen molar-refractivity contribution in [2.24, 2.45) is 0 Å². The number of β-lactam (4-membered cyclic amide) rings is 1. The molecule has 3 atom stereocenters. The van der Waals surface area contributed by atoms with Gasteiger partial charge in [0.2, 0.25) is 5.91 Å². The van der Waals surface area contributed by atoms with Crippen LogP contribution in [0.5, 0.6) is 11.5 Å². The number of benzene rings is 1. The number of fused-ring (bicyclic) bond motifs is 1. The molecule has 2 heterocycles. The topological polar surface area (TPSA) is 142 Å². The Morgan fingerprint density at radius 3 is 2.47 bits per heavy atom. The Morgan fingerprint density at radius 1 is 1.23 bits per heavy atom. The average molecular weight is 457 g/mol. The van der Waals surface area contributed by atoms with E-state index < -0.39 is 41.1 Å². The highest BCUT2D eigenvalue weighted by Gasteiger charge is 2.54. The van der Waals surface area contributed by atoms with Gasteiger partial charge in [-0.05, 0) is 17.7 Å². The number of carbonyl (C=O) groups is 4. The molecule has 30 heavy (non-hydrogen) atoms.